The standard InChI is InChI=1S/C41H31N3O2Si/c1-47(2,3)31-19-15-26(16-20-31)27-9-8-10-30(23-27)44-36-21-17-28(40-42-34-11-4-6-13-38(34)45-40)24-32(36)33-25-29(18-22-37(33)44)41-43-35-12-5-7-14-39(35)46-41/h4-25H,1-3H3. The van der Waals surface area contributed by atoms with Crippen LogP contribution in [0.25, 0.3) is 83.7 Å². The fourth-order valence-electron chi connectivity index (χ4n) is 6.55. The molecule has 0 aliphatic carbocycles. The van der Waals surface area contributed by atoms with Crippen molar-refractivity contribution >= 4 is 57.3 Å². The first-order valence-electron chi connectivity index (χ1n) is 15.9. The van der Waals surface area contributed by atoms with Gasteiger partial charge in [-0.15, -0.1) is 0 Å². The number of benzene rings is 6. The first kappa shape index (κ1) is 27.6. The van der Waals surface area contributed by atoms with E-state index in [0.29, 0.717) is 11.8 Å². The van der Waals surface area contributed by atoms with Crippen LogP contribution in [0.3, 0.4) is 0 Å². The number of hydrogen-bond donors (Lipinski definition) is 0. The molecule has 0 atom stereocenters. The lowest BCUT2D eigenvalue weighted by molar-refractivity contribution is 0.619. The topological polar surface area (TPSA) is 57.0 Å². The zero-order chi connectivity index (χ0) is 31.7. The largest absolute Gasteiger partial charge is 0.436 e. The van der Waals surface area contributed by atoms with Gasteiger partial charge in [0.2, 0.25) is 11.8 Å². The zero-order valence-electron chi connectivity index (χ0n) is 26.4. The van der Waals surface area contributed by atoms with Crippen molar-refractivity contribution in [3.8, 4) is 39.7 Å². The monoisotopic (exact) mass is 625 g/mol. The Morgan fingerprint density at radius 3 is 1.55 bits per heavy atom. The van der Waals surface area contributed by atoms with Gasteiger partial charge in [-0.1, -0.05) is 85.5 Å². The van der Waals surface area contributed by atoms with Crippen molar-refractivity contribution in [1.29, 1.82) is 0 Å². The van der Waals surface area contributed by atoms with Crippen LogP contribution in [0.1, 0.15) is 0 Å². The van der Waals surface area contributed by atoms with Crippen LogP contribution >= 0.6 is 0 Å². The van der Waals surface area contributed by atoms with Crippen LogP contribution in [0.4, 0.5) is 0 Å². The molecule has 0 spiro atoms. The second-order valence-electron chi connectivity index (χ2n) is 13.2. The summed E-state index contributed by atoms with van der Waals surface area (Å²) in [6, 6.07) is 46.6. The molecule has 9 rings (SSSR count). The number of para-hydroxylation sites is 4. The van der Waals surface area contributed by atoms with E-state index in [9.17, 15) is 0 Å². The van der Waals surface area contributed by atoms with E-state index in [1.54, 1.807) is 0 Å². The summed E-state index contributed by atoms with van der Waals surface area (Å²) in [6.07, 6.45) is 0. The molecule has 3 heterocycles. The maximum atomic E-state index is 6.19. The van der Waals surface area contributed by atoms with Gasteiger partial charge < -0.3 is 13.4 Å². The number of rotatable bonds is 5. The Hall–Kier alpha value is -5.72. The average Bonchev–Trinajstić information content (AvgIpc) is 3.81. The summed E-state index contributed by atoms with van der Waals surface area (Å²) in [7, 11) is -1.38. The summed E-state index contributed by atoms with van der Waals surface area (Å²) in [5.74, 6) is 1.21. The highest BCUT2D eigenvalue weighted by atomic mass is 28.3. The van der Waals surface area contributed by atoms with Gasteiger partial charge in [-0.3, -0.25) is 0 Å². The second kappa shape index (κ2) is 10.4. The first-order valence-corrected chi connectivity index (χ1v) is 19.4. The molecule has 0 aliphatic rings. The van der Waals surface area contributed by atoms with Crippen molar-refractivity contribution in [3.05, 3.63) is 133 Å². The molecule has 0 bridgehead atoms. The van der Waals surface area contributed by atoms with Crippen molar-refractivity contribution < 1.29 is 8.83 Å². The first-order chi connectivity index (χ1) is 22.9. The lowest BCUT2D eigenvalue weighted by atomic mass is 10.1. The molecule has 0 aliphatic heterocycles. The van der Waals surface area contributed by atoms with Crippen molar-refractivity contribution in [1.82, 2.24) is 14.5 Å². The van der Waals surface area contributed by atoms with Crippen LogP contribution in [0.2, 0.25) is 19.6 Å². The van der Waals surface area contributed by atoms with Gasteiger partial charge in [0.25, 0.3) is 0 Å². The number of fused-ring (bicyclic) bond motifs is 5. The van der Waals surface area contributed by atoms with E-state index >= 15 is 0 Å². The molecule has 3 aromatic heterocycles. The fraction of sp³-hybridized carbons (Fsp3) is 0.0732. The number of aromatic nitrogens is 3. The van der Waals surface area contributed by atoms with Gasteiger partial charge in [-0.05, 0) is 83.9 Å². The van der Waals surface area contributed by atoms with Crippen LogP contribution in [0, 0.1) is 0 Å². The molecule has 0 amide bonds. The van der Waals surface area contributed by atoms with E-state index in [1.807, 2.05) is 48.5 Å². The molecule has 47 heavy (non-hydrogen) atoms. The molecule has 226 valence electrons. The molecule has 0 radical (unpaired) electrons. The van der Waals surface area contributed by atoms with Crippen molar-refractivity contribution in [2.45, 2.75) is 19.6 Å². The van der Waals surface area contributed by atoms with Gasteiger partial charge in [0.05, 0.1) is 19.1 Å². The summed E-state index contributed by atoms with van der Waals surface area (Å²) in [5.41, 5.74) is 10.8. The summed E-state index contributed by atoms with van der Waals surface area (Å²) in [4.78, 5) is 9.59. The van der Waals surface area contributed by atoms with Crippen LogP contribution in [-0.2, 0) is 0 Å². The van der Waals surface area contributed by atoms with E-state index in [1.165, 1.54) is 16.3 Å². The summed E-state index contributed by atoms with van der Waals surface area (Å²) in [6.45, 7) is 7.16. The van der Waals surface area contributed by atoms with Gasteiger partial charge in [0.15, 0.2) is 11.2 Å². The van der Waals surface area contributed by atoms with Gasteiger partial charge in [-0.25, -0.2) is 9.97 Å². The molecular formula is C41H31N3O2Si. The summed E-state index contributed by atoms with van der Waals surface area (Å²) < 4.78 is 14.7. The highest BCUT2D eigenvalue weighted by molar-refractivity contribution is 6.88. The van der Waals surface area contributed by atoms with E-state index in [-0.39, 0.29) is 0 Å². The average molecular weight is 626 g/mol. The third kappa shape index (κ3) is 4.68. The Kier molecular flexibility index (Phi) is 6.10. The molecule has 6 heteroatoms. The smallest absolute Gasteiger partial charge is 0.227 e. The predicted molar refractivity (Wildman–Crippen MR) is 195 cm³/mol. The summed E-state index contributed by atoms with van der Waals surface area (Å²) in [5, 5.41) is 3.66. The third-order valence-corrected chi connectivity index (χ3v) is 11.1. The maximum absolute atomic E-state index is 6.19. The lowest BCUT2D eigenvalue weighted by Gasteiger charge is -2.17. The minimum Gasteiger partial charge on any atom is -0.436 e. The van der Waals surface area contributed by atoms with Crippen molar-refractivity contribution in [3.63, 3.8) is 0 Å². The lowest BCUT2D eigenvalue weighted by Crippen LogP contribution is -2.37. The Morgan fingerprint density at radius 1 is 0.489 bits per heavy atom. The van der Waals surface area contributed by atoms with E-state index in [0.717, 1.165) is 60.8 Å². The molecular weight excluding hydrogens is 595 g/mol. The Labute approximate surface area is 272 Å². The molecule has 0 unspecified atom stereocenters. The number of hydrogen-bond acceptors (Lipinski definition) is 4. The van der Waals surface area contributed by atoms with E-state index in [4.69, 9.17) is 18.8 Å². The minimum absolute atomic E-state index is 0.605. The third-order valence-electron chi connectivity index (χ3n) is 9.04. The Morgan fingerprint density at radius 2 is 1.02 bits per heavy atom. The summed E-state index contributed by atoms with van der Waals surface area (Å²) >= 11 is 0. The fourth-order valence-corrected chi connectivity index (χ4v) is 7.71. The molecule has 5 nitrogen and oxygen atoms in total. The van der Waals surface area contributed by atoms with Gasteiger partial charge in [0, 0.05) is 27.6 Å². The Bertz CT molecular complexity index is 2420. The highest BCUT2D eigenvalue weighted by Crippen LogP contribution is 2.38. The predicted octanol–water partition coefficient (Wildman–Crippen LogP) is 10.6. The van der Waals surface area contributed by atoms with Crippen LogP contribution in [-0.4, -0.2) is 22.6 Å². The normalized spacial score (nSPS) is 12.1. The van der Waals surface area contributed by atoms with Crippen molar-refractivity contribution in [2.75, 3.05) is 0 Å². The highest BCUT2D eigenvalue weighted by Gasteiger charge is 2.19. The molecule has 9 aromatic rings. The minimum atomic E-state index is -1.38. The molecule has 0 fully saturated rings. The van der Waals surface area contributed by atoms with Gasteiger partial charge in [-0.2, -0.15) is 0 Å². The van der Waals surface area contributed by atoms with Crippen molar-refractivity contribution in [2.24, 2.45) is 0 Å². The molecule has 6 aromatic carbocycles. The van der Waals surface area contributed by atoms with E-state index < -0.39 is 8.07 Å². The molecule has 0 saturated carbocycles. The maximum Gasteiger partial charge on any atom is 0.227 e. The van der Waals surface area contributed by atoms with Crippen LogP contribution in [0.15, 0.2) is 142 Å². The van der Waals surface area contributed by atoms with Crippen LogP contribution in [0.5, 0.6) is 0 Å². The number of oxazole rings is 2. The molecule has 0 saturated heterocycles. The van der Waals surface area contributed by atoms with E-state index in [2.05, 4.69) is 109 Å². The Balaban J connectivity index is 1.24. The van der Waals surface area contributed by atoms with Gasteiger partial charge >= 0.3 is 0 Å². The van der Waals surface area contributed by atoms with Gasteiger partial charge in [0.1, 0.15) is 11.0 Å². The zero-order valence-corrected chi connectivity index (χ0v) is 27.4. The second-order valence-corrected chi connectivity index (χ2v) is 18.2. The van der Waals surface area contributed by atoms with Crippen LogP contribution < -0.4 is 5.19 Å². The quantitative estimate of drug-likeness (QED) is 0.179. The number of nitrogens with zero attached hydrogens (tertiary/aromatic N) is 3. The SMILES string of the molecule is C[Si](C)(C)c1ccc(-c2cccc(-n3c4ccc(-c5nc6ccccc6o5)cc4c4cc(-c5nc6ccccc6o5)ccc43)c2)cc1. The molecule has 0 N–H and O–H groups in total.